The predicted molar refractivity (Wildman–Crippen MR) is 141 cm³/mol. The van der Waals surface area contributed by atoms with Gasteiger partial charge in [0.05, 0.1) is 13.2 Å². The van der Waals surface area contributed by atoms with E-state index in [-0.39, 0.29) is 34.1 Å². The summed E-state index contributed by atoms with van der Waals surface area (Å²) in [7, 11) is 2.79. The molecule has 176 valence electrons. The number of rotatable bonds is 4. The molecule has 0 aliphatic carbocycles. The summed E-state index contributed by atoms with van der Waals surface area (Å²) in [6.45, 7) is 6.08. The summed E-state index contributed by atoms with van der Waals surface area (Å²) in [4.78, 5) is 16.7. The van der Waals surface area contributed by atoms with E-state index in [4.69, 9.17) is 17.0 Å². The lowest BCUT2D eigenvalue weighted by molar-refractivity contribution is -0.119. The molecule has 0 aliphatic rings. The standard InChI is InChI=1S/C5H11NOS.C3H9NS.C3H4.CH3N3.CH5NO.CH4S.3CH4/c1-2-5(7)4(6)3-8;1-3(5)2-4;1-3-2;1-3-4-2;1-3-2;1-2;;;/h4,8H,2-3,6H2,1H3;3,5H,2,4H2,1H3;1H,2H3;1H3;2H2,1H3;2H,1H3;3*1H4. The van der Waals surface area contributed by atoms with Crippen LogP contribution in [0, 0.1) is 12.3 Å². The average Bonchev–Trinajstić information content (AvgIpc) is 2.63. The third-order valence-corrected chi connectivity index (χ3v) is 1.99. The number of Topliss-reactive ketones (excluding diaryl/α,β-unsaturated/α-hetero) is 1. The number of terminal acetylenes is 1. The predicted octanol–water partition coefficient (Wildman–Crippen LogP) is 4.01. The Hall–Kier alpha value is -0.570. The Morgan fingerprint density at radius 1 is 1.36 bits per heavy atom. The molecule has 0 aromatic carbocycles. The molecule has 0 radical (unpaired) electrons. The van der Waals surface area contributed by atoms with Crippen LogP contribution in [-0.4, -0.2) is 49.8 Å². The Labute approximate surface area is 191 Å². The molecule has 6 N–H and O–H groups in total. The zero-order valence-electron chi connectivity index (χ0n) is 16.1. The summed E-state index contributed by atoms with van der Waals surface area (Å²) in [5.41, 5.74) is 17.7. The molecular weight excluding hydrogens is 416 g/mol. The lowest BCUT2D eigenvalue weighted by atomic mass is 10.2. The number of azide groups is 1. The Morgan fingerprint density at radius 3 is 1.61 bits per heavy atom. The minimum atomic E-state index is -0.358. The molecule has 28 heavy (non-hydrogen) atoms. The van der Waals surface area contributed by atoms with Gasteiger partial charge in [0.15, 0.2) is 0 Å². The molecule has 0 heterocycles. The van der Waals surface area contributed by atoms with Crippen LogP contribution < -0.4 is 17.4 Å². The molecule has 2 atom stereocenters. The van der Waals surface area contributed by atoms with Gasteiger partial charge in [0, 0.05) is 35.9 Å². The highest BCUT2D eigenvalue weighted by molar-refractivity contribution is 7.81. The normalized spacial score (nSPS) is 8.25. The second kappa shape index (κ2) is 71.8. The van der Waals surface area contributed by atoms with Crippen molar-refractivity contribution in [3.63, 3.8) is 0 Å². The largest absolute Gasteiger partial charge is 0.329 e. The van der Waals surface area contributed by atoms with E-state index in [1.807, 2.05) is 6.92 Å². The van der Waals surface area contributed by atoms with Crippen molar-refractivity contribution in [1.82, 2.24) is 0 Å². The van der Waals surface area contributed by atoms with Crippen LogP contribution in [0.4, 0.5) is 0 Å². The SMILES string of the molecule is C.C.C.C#CC.CC(S)CN.CCC(=O)C(N)CS.CN=[N+]=[N-].CON.CS. The van der Waals surface area contributed by atoms with Crippen LogP contribution in [-0.2, 0) is 9.63 Å². The van der Waals surface area contributed by atoms with Crippen LogP contribution in [0.2, 0.25) is 0 Å². The van der Waals surface area contributed by atoms with Crippen LogP contribution in [0.25, 0.3) is 10.4 Å². The molecule has 0 rings (SSSR count). The van der Waals surface area contributed by atoms with Gasteiger partial charge < -0.3 is 16.3 Å². The number of ketones is 1. The first kappa shape index (κ1) is 56.4. The number of hydrogen-bond acceptors (Lipinski definition) is 9. The number of thiol groups is 3. The maximum absolute atomic E-state index is 10.6. The van der Waals surface area contributed by atoms with Crippen LogP contribution >= 0.6 is 37.9 Å². The molecule has 0 saturated carbocycles. The van der Waals surface area contributed by atoms with E-state index in [0.29, 0.717) is 24.0 Å². The first-order chi connectivity index (χ1) is 11.7. The van der Waals surface area contributed by atoms with E-state index in [0.717, 1.165) is 0 Å². The first-order valence-electron chi connectivity index (χ1n) is 6.99. The summed E-state index contributed by atoms with van der Waals surface area (Å²) in [6, 6.07) is -0.358. The van der Waals surface area contributed by atoms with E-state index in [2.05, 4.69) is 71.0 Å². The molecule has 11 heteroatoms. The quantitative estimate of drug-likeness (QED) is 0.0926. The van der Waals surface area contributed by atoms with Crippen LogP contribution in [0.3, 0.4) is 0 Å². The second-order valence-electron chi connectivity index (χ2n) is 3.51. The zero-order valence-corrected chi connectivity index (χ0v) is 18.8. The van der Waals surface area contributed by atoms with Crippen molar-refractivity contribution in [2.75, 3.05) is 32.7 Å². The van der Waals surface area contributed by atoms with Gasteiger partial charge >= 0.3 is 0 Å². The highest BCUT2D eigenvalue weighted by atomic mass is 32.1. The molecule has 2 unspecified atom stereocenters. The van der Waals surface area contributed by atoms with Gasteiger partial charge in [-0.05, 0) is 18.7 Å². The van der Waals surface area contributed by atoms with E-state index in [1.54, 1.807) is 20.1 Å². The maximum Gasteiger partial charge on any atom is 0.150 e. The number of hydrogen-bond donors (Lipinski definition) is 6. The summed E-state index contributed by atoms with van der Waals surface area (Å²) < 4.78 is 0. The van der Waals surface area contributed by atoms with Crippen LogP contribution in [0.15, 0.2) is 5.11 Å². The summed E-state index contributed by atoms with van der Waals surface area (Å²) >= 11 is 11.4. The number of carbonyl (C=O) groups is 1. The number of nitrogens with zero attached hydrogens (tertiary/aromatic N) is 3. The fourth-order valence-electron chi connectivity index (χ4n) is 0.364. The van der Waals surface area contributed by atoms with Gasteiger partial charge in [0.2, 0.25) is 0 Å². The van der Waals surface area contributed by atoms with Gasteiger partial charge in [-0.3, -0.25) is 4.79 Å². The summed E-state index contributed by atoms with van der Waals surface area (Å²) in [5, 5.41) is 3.27. The third-order valence-electron chi connectivity index (χ3n) is 1.39. The zero-order chi connectivity index (χ0) is 21.7. The Bertz CT molecular complexity index is 312. The fraction of sp³-hybridized carbons (Fsp3) is 0.824. The van der Waals surface area contributed by atoms with Gasteiger partial charge in [-0.1, -0.05) is 41.2 Å². The lowest BCUT2D eigenvalue weighted by Crippen LogP contribution is -2.31. The Kier molecular flexibility index (Phi) is 145. The summed E-state index contributed by atoms with van der Waals surface area (Å²) in [6.07, 6.45) is 6.81. The van der Waals surface area contributed by atoms with Crippen molar-refractivity contribution in [2.24, 2.45) is 22.5 Å². The Balaban J connectivity index is -0.0000000230. The lowest BCUT2D eigenvalue weighted by Gasteiger charge is -2.01. The molecule has 0 fully saturated rings. The van der Waals surface area contributed by atoms with Gasteiger partial charge in [0.25, 0.3) is 0 Å². The van der Waals surface area contributed by atoms with Crippen LogP contribution in [0.5, 0.6) is 0 Å². The molecule has 0 saturated heterocycles. The molecule has 0 aromatic rings. The van der Waals surface area contributed by atoms with Gasteiger partial charge in [-0.15, -0.1) is 12.3 Å². The molecule has 0 bridgehead atoms. The minimum absolute atomic E-state index is 0. The topological polar surface area (TPSA) is 153 Å². The van der Waals surface area contributed by atoms with E-state index < -0.39 is 0 Å². The molecule has 0 aromatic heterocycles. The van der Waals surface area contributed by atoms with Gasteiger partial charge in [-0.25, -0.2) is 5.90 Å². The van der Waals surface area contributed by atoms with Crippen molar-refractivity contribution in [1.29, 1.82) is 0 Å². The number of nitrogens with two attached hydrogens (primary N) is 3. The van der Waals surface area contributed by atoms with Gasteiger partial charge in [0.1, 0.15) is 5.78 Å². The van der Waals surface area contributed by atoms with Gasteiger partial charge in [-0.2, -0.15) is 37.9 Å². The molecule has 0 aliphatic heterocycles. The Morgan fingerprint density at radius 2 is 1.57 bits per heavy atom. The van der Waals surface area contributed by atoms with Crippen molar-refractivity contribution >= 4 is 43.7 Å². The second-order valence-corrected chi connectivity index (χ2v) is 4.75. The van der Waals surface area contributed by atoms with E-state index >= 15 is 0 Å². The molecule has 0 spiro atoms. The van der Waals surface area contributed by atoms with E-state index in [1.165, 1.54) is 14.2 Å². The average molecular weight is 465 g/mol. The first-order valence-corrected chi connectivity index (χ1v) is 9.03. The maximum atomic E-state index is 10.6. The molecule has 0 amide bonds. The fourth-order valence-corrected chi connectivity index (χ4v) is 0.568. The van der Waals surface area contributed by atoms with E-state index in [9.17, 15) is 4.79 Å². The molecular formula is C17H48N6O2S3. The third kappa shape index (κ3) is 140. The van der Waals surface area contributed by atoms with Crippen molar-refractivity contribution in [2.45, 2.75) is 60.8 Å². The molecule has 8 nitrogen and oxygen atoms in total. The highest BCUT2D eigenvalue weighted by Gasteiger charge is 2.06. The highest BCUT2D eigenvalue weighted by Crippen LogP contribution is 1.88. The van der Waals surface area contributed by atoms with Crippen molar-refractivity contribution in [3.05, 3.63) is 10.4 Å². The number of carbonyl (C=O) groups excluding carboxylic acids is 1. The monoisotopic (exact) mass is 464 g/mol. The smallest absolute Gasteiger partial charge is 0.150 e. The van der Waals surface area contributed by atoms with Crippen LogP contribution in [0.1, 0.15) is 49.5 Å². The van der Waals surface area contributed by atoms with Crippen molar-refractivity contribution in [3.8, 4) is 12.3 Å². The van der Waals surface area contributed by atoms with Crippen molar-refractivity contribution < 1.29 is 9.63 Å². The minimum Gasteiger partial charge on any atom is -0.329 e. The summed E-state index contributed by atoms with van der Waals surface area (Å²) in [5.74, 6) is 7.13.